The molecule has 2 aromatic carbocycles. The van der Waals surface area contributed by atoms with Crippen molar-refractivity contribution in [3.05, 3.63) is 76.5 Å². The SMILES string of the molecule is CSc1cc(Cc2cc3c(=O)n([C@H]4CCSC[C@@H]4O)cnc3c3ccccc23)ccn1. The van der Waals surface area contributed by atoms with E-state index in [0.29, 0.717) is 17.6 Å². The van der Waals surface area contributed by atoms with Crippen LogP contribution in [0.3, 0.4) is 0 Å². The summed E-state index contributed by atoms with van der Waals surface area (Å²) >= 11 is 3.35. The number of aliphatic hydroxyl groups is 1. The topological polar surface area (TPSA) is 68.0 Å². The lowest BCUT2D eigenvalue weighted by Crippen LogP contribution is -2.36. The molecule has 1 aliphatic rings. The zero-order chi connectivity index (χ0) is 21.4. The Morgan fingerprint density at radius 2 is 2.00 bits per heavy atom. The third-order valence-electron chi connectivity index (χ3n) is 5.93. The quantitative estimate of drug-likeness (QED) is 0.370. The van der Waals surface area contributed by atoms with Crippen molar-refractivity contribution in [2.45, 2.75) is 30.0 Å². The van der Waals surface area contributed by atoms with Crippen molar-refractivity contribution in [1.29, 1.82) is 0 Å². The first-order valence-electron chi connectivity index (χ1n) is 10.3. The summed E-state index contributed by atoms with van der Waals surface area (Å²) in [5.41, 5.74) is 2.90. The zero-order valence-electron chi connectivity index (χ0n) is 17.2. The summed E-state index contributed by atoms with van der Waals surface area (Å²) in [6, 6.07) is 14.0. The van der Waals surface area contributed by atoms with Gasteiger partial charge in [0.2, 0.25) is 0 Å². The molecule has 0 radical (unpaired) electrons. The first kappa shape index (κ1) is 20.5. The maximum atomic E-state index is 13.5. The van der Waals surface area contributed by atoms with E-state index >= 15 is 0 Å². The predicted molar refractivity (Wildman–Crippen MR) is 129 cm³/mol. The fraction of sp³-hybridized carbons (Fsp3) is 0.292. The van der Waals surface area contributed by atoms with Crippen molar-refractivity contribution in [3.8, 4) is 0 Å². The summed E-state index contributed by atoms with van der Waals surface area (Å²) in [4.78, 5) is 22.6. The number of aliphatic hydroxyl groups excluding tert-OH is 1. The van der Waals surface area contributed by atoms with Gasteiger partial charge in [-0.3, -0.25) is 9.36 Å². The molecule has 0 unspecified atom stereocenters. The maximum absolute atomic E-state index is 13.5. The molecule has 0 spiro atoms. The highest BCUT2D eigenvalue weighted by Crippen LogP contribution is 2.30. The lowest BCUT2D eigenvalue weighted by Gasteiger charge is -2.28. The van der Waals surface area contributed by atoms with E-state index in [-0.39, 0.29) is 11.6 Å². The van der Waals surface area contributed by atoms with Crippen LogP contribution in [0.5, 0.6) is 0 Å². The van der Waals surface area contributed by atoms with Gasteiger partial charge in [-0.15, -0.1) is 11.8 Å². The number of hydrogen-bond acceptors (Lipinski definition) is 6. The molecule has 2 aromatic heterocycles. The molecule has 0 amide bonds. The fourth-order valence-corrected chi connectivity index (χ4v) is 5.83. The number of thioether (sulfide) groups is 2. The molecule has 1 saturated heterocycles. The van der Waals surface area contributed by atoms with Gasteiger partial charge in [0.05, 0.1) is 34.4 Å². The van der Waals surface area contributed by atoms with Crippen molar-refractivity contribution < 1.29 is 5.11 Å². The van der Waals surface area contributed by atoms with Crippen LogP contribution in [-0.4, -0.2) is 43.5 Å². The van der Waals surface area contributed by atoms with Crippen molar-refractivity contribution >= 4 is 45.2 Å². The first-order chi connectivity index (χ1) is 15.2. The van der Waals surface area contributed by atoms with E-state index in [1.807, 2.05) is 42.8 Å². The van der Waals surface area contributed by atoms with E-state index in [2.05, 4.69) is 22.1 Å². The molecule has 1 aliphatic heterocycles. The Balaban J connectivity index is 1.69. The van der Waals surface area contributed by atoms with Crippen LogP contribution in [-0.2, 0) is 6.42 Å². The zero-order valence-corrected chi connectivity index (χ0v) is 18.8. The molecule has 4 aromatic rings. The highest BCUT2D eigenvalue weighted by atomic mass is 32.2. The molecule has 1 fully saturated rings. The monoisotopic (exact) mass is 449 g/mol. The second-order valence-electron chi connectivity index (χ2n) is 7.82. The molecular formula is C24H23N3O2S2. The molecule has 7 heteroatoms. The summed E-state index contributed by atoms with van der Waals surface area (Å²) in [6.07, 6.45) is 6.43. The Bertz CT molecular complexity index is 1320. The molecule has 5 nitrogen and oxygen atoms in total. The number of fused-ring (bicyclic) bond motifs is 3. The van der Waals surface area contributed by atoms with Crippen LogP contribution < -0.4 is 5.56 Å². The molecular weight excluding hydrogens is 426 g/mol. The minimum absolute atomic E-state index is 0.0764. The van der Waals surface area contributed by atoms with Crippen LogP contribution in [0.25, 0.3) is 21.7 Å². The van der Waals surface area contributed by atoms with Crippen molar-refractivity contribution in [3.63, 3.8) is 0 Å². The number of benzene rings is 2. The highest BCUT2D eigenvalue weighted by Gasteiger charge is 2.26. The third-order valence-corrected chi connectivity index (χ3v) is 7.67. The van der Waals surface area contributed by atoms with Crippen LogP contribution in [0.4, 0.5) is 0 Å². The number of rotatable bonds is 4. The Morgan fingerprint density at radius 3 is 2.81 bits per heavy atom. The van der Waals surface area contributed by atoms with Gasteiger partial charge in [0.25, 0.3) is 5.56 Å². The normalized spacial score (nSPS) is 19.2. The highest BCUT2D eigenvalue weighted by molar-refractivity contribution is 7.99. The number of pyridine rings is 1. The van der Waals surface area contributed by atoms with E-state index in [4.69, 9.17) is 0 Å². The summed E-state index contributed by atoms with van der Waals surface area (Å²) < 4.78 is 1.64. The van der Waals surface area contributed by atoms with E-state index in [0.717, 1.165) is 44.6 Å². The summed E-state index contributed by atoms with van der Waals surface area (Å²) in [5, 5.41) is 14.2. The van der Waals surface area contributed by atoms with Crippen molar-refractivity contribution in [2.24, 2.45) is 0 Å². The second-order valence-corrected chi connectivity index (χ2v) is 9.79. The van der Waals surface area contributed by atoms with E-state index < -0.39 is 6.10 Å². The second kappa shape index (κ2) is 8.65. The minimum atomic E-state index is -0.530. The van der Waals surface area contributed by atoms with E-state index in [9.17, 15) is 9.90 Å². The summed E-state index contributed by atoms with van der Waals surface area (Å²) in [7, 11) is 0. The van der Waals surface area contributed by atoms with Gasteiger partial charge in [0.15, 0.2) is 0 Å². The summed E-state index contributed by atoms with van der Waals surface area (Å²) in [6.45, 7) is 0. The Morgan fingerprint density at radius 1 is 1.16 bits per heavy atom. The van der Waals surface area contributed by atoms with Gasteiger partial charge < -0.3 is 5.11 Å². The van der Waals surface area contributed by atoms with Crippen LogP contribution in [0.2, 0.25) is 0 Å². The molecule has 5 rings (SSSR count). The average Bonchev–Trinajstić information content (AvgIpc) is 2.81. The Kier molecular flexibility index (Phi) is 5.73. The van der Waals surface area contributed by atoms with Crippen LogP contribution in [0.1, 0.15) is 23.6 Å². The minimum Gasteiger partial charge on any atom is -0.390 e. The standard InChI is InChI=1S/C24H23N3O2S2/c1-30-22-11-15(6-8-25-22)10-16-12-19-23(18-5-3-2-4-17(16)18)26-14-27(24(19)29)20-7-9-31-13-21(20)28/h2-6,8,11-12,14,20-21,28H,7,9-10,13H2,1H3/t20-,21-/m0/s1. The molecule has 2 atom stereocenters. The summed E-state index contributed by atoms with van der Waals surface area (Å²) in [5.74, 6) is 1.59. The van der Waals surface area contributed by atoms with Crippen molar-refractivity contribution in [1.82, 2.24) is 14.5 Å². The maximum Gasteiger partial charge on any atom is 0.261 e. The van der Waals surface area contributed by atoms with Crippen LogP contribution in [0.15, 0.2) is 64.8 Å². The molecule has 0 aliphatic carbocycles. The molecule has 158 valence electrons. The van der Waals surface area contributed by atoms with Gasteiger partial charge in [-0.2, -0.15) is 11.8 Å². The molecule has 0 saturated carbocycles. The van der Waals surface area contributed by atoms with E-state index in [1.165, 1.54) is 0 Å². The third kappa shape index (κ3) is 3.86. The first-order valence-corrected chi connectivity index (χ1v) is 12.7. The van der Waals surface area contributed by atoms with Gasteiger partial charge in [0, 0.05) is 17.3 Å². The van der Waals surface area contributed by atoms with E-state index in [1.54, 1.807) is 34.4 Å². The van der Waals surface area contributed by atoms with Gasteiger partial charge in [-0.25, -0.2) is 9.97 Å². The fourth-order valence-electron chi connectivity index (χ4n) is 4.36. The molecule has 3 heterocycles. The Labute approximate surface area is 188 Å². The van der Waals surface area contributed by atoms with Crippen LogP contribution in [0, 0.1) is 0 Å². The van der Waals surface area contributed by atoms with Crippen molar-refractivity contribution in [2.75, 3.05) is 17.8 Å². The predicted octanol–water partition coefficient (Wildman–Crippen LogP) is 4.30. The van der Waals surface area contributed by atoms with Gasteiger partial charge in [0.1, 0.15) is 0 Å². The van der Waals surface area contributed by atoms with Gasteiger partial charge in [-0.1, -0.05) is 24.3 Å². The van der Waals surface area contributed by atoms with Crippen LogP contribution >= 0.6 is 23.5 Å². The van der Waals surface area contributed by atoms with Gasteiger partial charge in [-0.05, 0) is 59.6 Å². The molecule has 1 N–H and O–H groups in total. The van der Waals surface area contributed by atoms with Gasteiger partial charge >= 0.3 is 0 Å². The lowest BCUT2D eigenvalue weighted by atomic mass is 9.96. The molecule has 31 heavy (non-hydrogen) atoms. The smallest absolute Gasteiger partial charge is 0.261 e. The molecule has 0 bridgehead atoms. The number of hydrogen-bond donors (Lipinski definition) is 1. The Hall–Kier alpha value is -2.35. The average molecular weight is 450 g/mol. The largest absolute Gasteiger partial charge is 0.390 e. The lowest BCUT2D eigenvalue weighted by molar-refractivity contribution is 0.126. The number of aromatic nitrogens is 3. The number of nitrogens with zero attached hydrogens (tertiary/aromatic N) is 3.